The number of carbonyl (C=O) groups is 1. The molecule has 2 atom stereocenters. The van der Waals surface area contributed by atoms with E-state index in [-0.39, 0.29) is 5.41 Å². The van der Waals surface area contributed by atoms with Crippen molar-refractivity contribution in [1.82, 2.24) is 0 Å². The molecule has 0 radical (unpaired) electrons. The van der Waals surface area contributed by atoms with E-state index in [2.05, 4.69) is 19.9 Å². The van der Waals surface area contributed by atoms with Gasteiger partial charge in [0.25, 0.3) is 0 Å². The molecule has 0 aromatic heterocycles. The van der Waals surface area contributed by atoms with Gasteiger partial charge in [0.05, 0.1) is 5.60 Å². The Labute approximate surface area is 111 Å². The number of ketones is 1. The molecule has 0 saturated carbocycles. The third-order valence-electron chi connectivity index (χ3n) is 4.55. The summed E-state index contributed by atoms with van der Waals surface area (Å²) in [6, 6.07) is 0. The first-order valence-electron chi connectivity index (χ1n) is 7.08. The zero-order valence-electron chi connectivity index (χ0n) is 12.5. The highest BCUT2D eigenvalue weighted by Crippen LogP contribution is 2.41. The van der Waals surface area contributed by atoms with E-state index in [0.717, 1.165) is 32.1 Å². The van der Waals surface area contributed by atoms with Crippen LogP contribution in [0.2, 0.25) is 0 Å². The van der Waals surface area contributed by atoms with Gasteiger partial charge in [0.2, 0.25) is 0 Å². The van der Waals surface area contributed by atoms with E-state index in [1.807, 2.05) is 13.8 Å². The summed E-state index contributed by atoms with van der Waals surface area (Å²) in [5, 5.41) is 9.69. The highest BCUT2D eigenvalue weighted by Gasteiger charge is 2.37. The van der Waals surface area contributed by atoms with Crippen molar-refractivity contribution in [3.05, 3.63) is 11.6 Å². The second kappa shape index (κ2) is 5.56. The molecule has 1 aliphatic rings. The van der Waals surface area contributed by atoms with Crippen molar-refractivity contribution in [2.75, 3.05) is 0 Å². The summed E-state index contributed by atoms with van der Waals surface area (Å²) >= 11 is 0. The fraction of sp³-hybridized carbons (Fsp3) is 0.812. The summed E-state index contributed by atoms with van der Waals surface area (Å²) < 4.78 is 0. The van der Waals surface area contributed by atoms with Crippen LogP contribution in [0.1, 0.15) is 66.7 Å². The van der Waals surface area contributed by atoms with Crippen LogP contribution >= 0.6 is 0 Å². The maximum absolute atomic E-state index is 11.7. The number of aliphatic hydroxyl groups is 1. The lowest BCUT2D eigenvalue weighted by atomic mass is 9.67. The molecule has 18 heavy (non-hydrogen) atoms. The molecular formula is C16H28O2. The molecule has 1 N–H and O–H groups in total. The van der Waals surface area contributed by atoms with Crippen LogP contribution < -0.4 is 0 Å². The van der Waals surface area contributed by atoms with Crippen LogP contribution in [0.15, 0.2) is 11.6 Å². The number of rotatable bonds is 5. The van der Waals surface area contributed by atoms with Crippen molar-refractivity contribution in [1.29, 1.82) is 0 Å². The van der Waals surface area contributed by atoms with Crippen molar-refractivity contribution >= 4 is 5.78 Å². The third kappa shape index (κ3) is 3.94. The zero-order valence-corrected chi connectivity index (χ0v) is 12.5. The van der Waals surface area contributed by atoms with Gasteiger partial charge in [-0.15, -0.1) is 0 Å². The molecule has 0 aromatic rings. The Hall–Kier alpha value is -0.630. The Morgan fingerprint density at radius 1 is 1.56 bits per heavy atom. The van der Waals surface area contributed by atoms with E-state index >= 15 is 0 Å². The number of allylic oxidation sites excluding steroid dienone is 2. The predicted molar refractivity (Wildman–Crippen MR) is 75.4 cm³/mol. The summed E-state index contributed by atoms with van der Waals surface area (Å²) in [4.78, 5) is 11.7. The normalized spacial score (nSPS) is 29.0. The first kappa shape index (κ1) is 15.4. The molecule has 0 bridgehead atoms. The maximum Gasteiger partial charge on any atom is 0.136 e. The Kier molecular flexibility index (Phi) is 4.77. The molecule has 0 aromatic carbocycles. The van der Waals surface area contributed by atoms with E-state index < -0.39 is 5.60 Å². The van der Waals surface area contributed by atoms with Crippen molar-refractivity contribution in [3.63, 3.8) is 0 Å². The molecule has 1 aliphatic carbocycles. The molecular weight excluding hydrogens is 224 g/mol. The number of carbonyl (C=O) groups excluding carboxylic acids is 1. The quantitative estimate of drug-likeness (QED) is 0.754. The molecule has 2 nitrogen and oxygen atoms in total. The van der Waals surface area contributed by atoms with Crippen molar-refractivity contribution in [2.45, 2.75) is 72.3 Å². The number of hydrogen-bond donors (Lipinski definition) is 1. The minimum absolute atomic E-state index is 0.167. The monoisotopic (exact) mass is 252 g/mol. The molecule has 1 rings (SSSR count). The summed E-state index contributed by atoms with van der Waals surface area (Å²) in [5.74, 6) is 0.641. The second-order valence-electron chi connectivity index (χ2n) is 6.75. The van der Waals surface area contributed by atoms with Gasteiger partial charge < -0.3 is 5.11 Å². The first-order valence-corrected chi connectivity index (χ1v) is 7.08. The van der Waals surface area contributed by atoms with Crippen molar-refractivity contribution < 1.29 is 9.90 Å². The van der Waals surface area contributed by atoms with E-state index in [0.29, 0.717) is 11.7 Å². The van der Waals surface area contributed by atoms with Crippen LogP contribution in [-0.4, -0.2) is 16.5 Å². The average Bonchev–Trinajstić information content (AvgIpc) is 2.21. The molecule has 104 valence electrons. The van der Waals surface area contributed by atoms with E-state index in [9.17, 15) is 9.90 Å². The highest BCUT2D eigenvalue weighted by molar-refractivity contribution is 5.82. The third-order valence-corrected chi connectivity index (χ3v) is 4.55. The second-order valence-corrected chi connectivity index (χ2v) is 6.75. The smallest absolute Gasteiger partial charge is 0.136 e. The van der Waals surface area contributed by atoms with Crippen LogP contribution in [-0.2, 0) is 4.79 Å². The van der Waals surface area contributed by atoms with Crippen LogP contribution in [0, 0.1) is 11.3 Å². The lowest BCUT2D eigenvalue weighted by Gasteiger charge is -2.36. The van der Waals surface area contributed by atoms with Crippen LogP contribution in [0.5, 0.6) is 0 Å². The van der Waals surface area contributed by atoms with E-state index in [1.54, 1.807) is 6.92 Å². The highest BCUT2D eigenvalue weighted by atomic mass is 16.3. The van der Waals surface area contributed by atoms with E-state index in [1.165, 1.54) is 5.57 Å². The van der Waals surface area contributed by atoms with Crippen LogP contribution in [0.3, 0.4) is 0 Å². The van der Waals surface area contributed by atoms with Gasteiger partial charge in [-0.25, -0.2) is 0 Å². The first-order chi connectivity index (χ1) is 8.15. The lowest BCUT2D eigenvalue weighted by molar-refractivity contribution is -0.128. The predicted octanol–water partition coefficient (Wildman–Crippen LogP) is 3.88. The molecule has 0 spiro atoms. The molecule has 0 aliphatic heterocycles. The van der Waals surface area contributed by atoms with Crippen LogP contribution in [0.4, 0.5) is 0 Å². The van der Waals surface area contributed by atoms with Gasteiger partial charge >= 0.3 is 0 Å². The molecule has 2 heteroatoms. The summed E-state index contributed by atoms with van der Waals surface area (Å²) in [7, 11) is 0. The molecule has 0 amide bonds. The summed E-state index contributed by atoms with van der Waals surface area (Å²) in [5.41, 5.74) is 0.736. The Morgan fingerprint density at radius 2 is 2.17 bits per heavy atom. The molecule has 2 unspecified atom stereocenters. The number of Topliss-reactive ketones (excluding diaryl/α,β-unsaturated/α-hetero) is 1. The Morgan fingerprint density at radius 3 is 2.61 bits per heavy atom. The number of hydrogen-bond acceptors (Lipinski definition) is 2. The Bertz CT molecular complexity index is 335. The minimum Gasteiger partial charge on any atom is -0.390 e. The molecule has 0 heterocycles. The zero-order chi connectivity index (χ0) is 14.0. The molecule has 0 fully saturated rings. The van der Waals surface area contributed by atoms with Crippen molar-refractivity contribution in [2.24, 2.45) is 11.3 Å². The standard InChI is InChI=1S/C16H28O2/c1-12-11-14(7-6-9-15(3,4)18)8-10-16(12,5)13(2)17/h11-12,18H,6-10H2,1-5H3. The summed E-state index contributed by atoms with van der Waals surface area (Å²) in [6.45, 7) is 9.67. The fourth-order valence-corrected chi connectivity index (χ4v) is 2.72. The maximum atomic E-state index is 11.7. The summed E-state index contributed by atoms with van der Waals surface area (Å²) in [6.07, 6.45) is 7.21. The average molecular weight is 252 g/mol. The van der Waals surface area contributed by atoms with Gasteiger partial charge in [-0.05, 0) is 58.8 Å². The van der Waals surface area contributed by atoms with Gasteiger partial charge in [0, 0.05) is 5.41 Å². The van der Waals surface area contributed by atoms with Gasteiger partial charge in [0.1, 0.15) is 5.78 Å². The Balaban J connectivity index is 2.54. The van der Waals surface area contributed by atoms with E-state index in [4.69, 9.17) is 0 Å². The topological polar surface area (TPSA) is 37.3 Å². The largest absolute Gasteiger partial charge is 0.390 e. The van der Waals surface area contributed by atoms with Gasteiger partial charge in [-0.1, -0.05) is 25.5 Å². The van der Waals surface area contributed by atoms with Crippen molar-refractivity contribution in [3.8, 4) is 0 Å². The SMILES string of the molecule is CC(=O)C1(C)CCC(CCCC(C)(C)O)=CC1C. The molecule has 0 saturated heterocycles. The van der Waals surface area contributed by atoms with Gasteiger partial charge in [-0.2, -0.15) is 0 Å². The van der Waals surface area contributed by atoms with Gasteiger partial charge in [0.15, 0.2) is 0 Å². The van der Waals surface area contributed by atoms with Crippen LogP contribution in [0.25, 0.3) is 0 Å². The fourth-order valence-electron chi connectivity index (χ4n) is 2.72. The van der Waals surface area contributed by atoms with Gasteiger partial charge in [-0.3, -0.25) is 4.79 Å². The minimum atomic E-state index is -0.561. The lowest BCUT2D eigenvalue weighted by Crippen LogP contribution is -2.34.